The van der Waals surface area contributed by atoms with E-state index in [2.05, 4.69) is 24.7 Å². The number of methoxy groups -OCH3 is 1. The van der Waals surface area contributed by atoms with E-state index in [0.29, 0.717) is 27.5 Å². The Morgan fingerprint density at radius 1 is 1.08 bits per heavy atom. The van der Waals surface area contributed by atoms with Crippen LogP contribution in [0.5, 0.6) is 0 Å². The fraction of sp³-hybridized carbons (Fsp3) is 0.500. The molecule has 9 nitrogen and oxygen atoms in total. The van der Waals surface area contributed by atoms with Crippen LogP contribution in [-0.2, 0) is 31.3 Å². The first-order valence-corrected chi connectivity index (χ1v) is 14.8. The lowest BCUT2D eigenvalue weighted by Crippen LogP contribution is -2.35. The van der Waals surface area contributed by atoms with E-state index in [9.17, 15) is 18.0 Å². The number of ether oxygens (including phenoxy) is 1. The van der Waals surface area contributed by atoms with Crippen LogP contribution in [0.4, 0.5) is 17.2 Å². The van der Waals surface area contributed by atoms with Crippen molar-refractivity contribution in [2.45, 2.75) is 56.2 Å². The van der Waals surface area contributed by atoms with Gasteiger partial charge in [-0.25, -0.2) is 9.19 Å². The van der Waals surface area contributed by atoms with E-state index in [1.807, 2.05) is 20.8 Å². The first-order valence-electron chi connectivity index (χ1n) is 12.3. The molecule has 2 heterocycles. The Balaban J connectivity index is 1.57. The number of nitrogens with one attached hydrogen (secondary N) is 2. The summed E-state index contributed by atoms with van der Waals surface area (Å²) in [6.07, 6.45) is 4.67. The van der Waals surface area contributed by atoms with Crippen molar-refractivity contribution in [3.05, 3.63) is 42.0 Å². The molecule has 2 fully saturated rings. The van der Waals surface area contributed by atoms with Gasteiger partial charge in [-0.15, -0.1) is 0 Å². The van der Waals surface area contributed by atoms with Crippen molar-refractivity contribution < 1.29 is 22.7 Å². The number of hydrogen-bond donors (Lipinski definition) is 2. The summed E-state index contributed by atoms with van der Waals surface area (Å²) in [7, 11) is -1.75. The second-order valence-corrected chi connectivity index (χ2v) is 13.9. The van der Waals surface area contributed by atoms with E-state index in [1.165, 1.54) is 20.0 Å². The van der Waals surface area contributed by atoms with E-state index in [0.717, 1.165) is 31.6 Å². The van der Waals surface area contributed by atoms with Gasteiger partial charge < -0.3 is 19.7 Å². The Labute approximate surface area is 222 Å². The van der Waals surface area contributed by atoms with Gasteiger partial charge in [0.05, 0.1) is 29.2 Å². The SMILES string of the molecule is COC(=O)CS(=O)Nc1ccc(C(=O)Nc2cccc(S(=O)C(C)(C)C)n2)c(N2CCC3(CC2)CC3)c1. The molecule has 2 aromatic rings. The van der Waals surface area contributed by atoms with Gasteiger partial charge in [-0.3, -0.25) is 13.8 Å². The minimum Gasteiger partial charge on any atom is -0.468 e. The molecule has 0 radical (unpaired) electrons. The molecule has 1 aromatic heterocycles. The molecular formula is C26H34N4O5S2. The van der Waals surface area contributed by atoms with Crippen LogP contribution in [0.1, 0.15) is 56.8 Å². The summed E-state index contributed by atoms with van der Waals surface area (Å²) in [6.45, 7) is 7.28. The molecule has 1 spiro atoms. The lowest BCUT2D eigenvalue weighted by atomic mass is 9.93. The maximum atomic E-state index is 13.4. The third-order valence-corrected chi connectivity index (χ3v) is 9.46. The second kappa shape index (κ2) is 10.9. The highest BCUT2D eigenvalue weighted by atomic mass is 32.2. The van der Waals surface area contributed by atoms with E-state index < -0.39 is 32.5 Å². The van der Waals surface area contributed by atoms with Gasteiger partial charge in [0.2, 0.25) is 0 Å². The number of aromatic nitrogens is 1. The molecule has 37 heavy (non-hydrogen) atoms. The fourth-order valence-electron chi connectivity index (χ4n) is 4.37. The lowest BCUT2D eigenvalue weighted by molar-refractivity contribution is -0.137. The monoisotopic (exact) mass is 546 g/mol. The Bertz CT molecular complexity index is 1230. The van der Waals surface area contributed by atoms with Crippen LogP contribution >= 0.6 is 0 Å². The third-order valence-electron chi connectivity index (χ3n) is 6.78. The molecular weight excluding hydrogens is 512 g/mol. The molecule has 1 aliphatic heterocycles. The van der Waals surface area contributed by atoms with Crippen molar-refractivity contribution in [1.82, 2.24) is 4.98 Å². The van der Waals surface area contributed by atoms with Crippen LogP contribution in [-0.4, -0.2) is 56.0 Å². The summed E-state index contributed by atoms with van der Waals surface area (Å²) in [5, 5.41) is 3.26. The van der Waals surface area contributed by atoms with Gasteiger partial charge in [-0.1, -0.05) is 6.07 Å². The van der Waals surface area contributed by atoms with Crippen molar-refractivity contribution in [1.29, 1.82) is 0 Å². The highest BCUT2D eigenvalue weighted by molar-refractivity contribution is 7.87. The van der Waals surface area contributed by atoms with Gasteiger partial charge in [-0.2, -0.15) is 0 Å². The number of amides is 1. The molecule has 2 aliphatic rings. The van der Waals surface area contributed by atoms with Crippen LogP contribution in [0.15, 0.2) is 41.4 Å². The van der Waals surface area contributed by atoms with Gasteiger partial charge in [-0.05, 0) is 82.2 Å². The molecule has 1 aliphatic carbocycles. The minimum atomic E-state index is -1.66. The minimum absolute atomic E-state index is 0.280. The van der Waals surface area contributed by atoms with Crippen LogP contribution < -0.4 is 14.9 Å². The van der Waals surface area contributed by atoms with Crippen LogP contribution in [0.25, 0.3) is 0 Å². The molecule has 4 rings (SSSR count). The zero-order chi connectivity index (χ0) is 26.8. The number of esters is 1. The smallest absolute Gasteiger partial charge is 0.320 e. The molecule has 1 amide bonds. The standard InChI is InChI=1S/C26H34N4O5S2/c1-25(2,3)37(34)22-7-5-6-21(27-22)28-24(32)19-9-8-18(29-36(33)17-23(31)35-4)16-20(19)30-14-12-26(10-11-26)13-15-30/h5-9,16,29H,10-15,17H2,1-4H3,(H,27,28,32). The quantitative estimate of drug-likeness (QED) is 0.483. The molecule has 2 unspecified atom stereocenters. The molecule has 200 valence electrons. The summed E-state index contributed by atoms with van der Waals surface area (Å²) >= 11 is 0. The van der Waals surface area contributed by atoms with E-state index in [1.54, 1.807) is 36.4 Å². The van der Waals surface area contributed by atoms with Crippen molar-refractivity contribution in [2.75, 3.05) is 40.9 Å². The lowest BCUT2D eigenvalue weighted by Gasteiger charge is -2.35. The predicted molar refractivity (Wildman–Crippen MR) is 147 cm³/mol. The highest BCUT2D eigenvalue weighted by Gasteiger charge is 2.44. The number of pyridine rings is 1. The van der Waals surface area contributed by atoms with E-state index in [-0.39, 0.29) is 11.7 Å². The molecule has 1 saturated heterocycles. The maximum absolute atomic E-state index is 13.4. The number of nitrogens with zero attached hydrogens (tertiary/aromatic N) is 2. The van der Waals surface area contributed by atoms with Crippen molar-refractivity contribution in [3.63, 3.8) is 0 Å². The zero-order valence-corrected chi connectivity index (χ0v) is 23.3. The van der Waals surface area contributed by atoms with Crippen LogP contribution in [0.2, 0.25) is 0 Å². The van der Waals surface area contributed by atoms with E-state index >= 15 is 0 Å². The molecule has 2 atom stereocenters. The summed E-state index contributed by atoms with van der Waals surface area (Å²) in [4.78, 5) is 31.5. The number of piperidine rings is 1. The molecule has 2 N–H and O–H groups in total. The number of carbonyl (C=O) groups is 2. The second-order valence-electron chi connectivity index (χ2n) is 10.6. The zero-order valence-electron chi connectivity index (χ0n) is 21.7. The van der Waals surface area contributed by atoms with Crippen molar-refractivity contribution >= 4 is 50.9 Å². The Morgan fingerprint density at radius 2 is 1.78 bits per heavy atom. The first-order chi connectivity index (χ1) is 17.5. The topological polar surface area (TPSA) is 118 Å². The van der Waals surface area contributed by atoms with Crippen molar-refractivity contribution in [2.24, 2.45) is 5.41 Å². The molecule has 0 bridgehead atoms. The van der Waals surface area contributed by atoms with Gasteiger partial charge in [0.1, 0.15) is 27.6 Å². The average molecular weight is 547 g/mol. The molecule has 1 aromatic carbocycles. The fourth-order valence-corrected chi connectivity index (χ4v) is 6.17. The van der Waals surface area contributed by atoms with Gasteiger partial charge in [0.15, 0.2) is 0 Å². The third kappa shape index (κ3) is 6.75. The largest absolute Gasteiger partial charge is 0.468 e. The van der Waals surface area contributed by atoms with Gasteiger partial charge in [0, 0.05) is 23.5 Å². The molecule has 11 heteroatoms. The average Bonchev–Trinajstić information content (AvgIpc) is 3.61. The predicted octanol–water partition coefficient (Wildman–Crippen LogP) is 3.87. The number of carbonyl (C=O) groups excluding carboxylic acids is 2. The van der Waals surface area contributed by atoms with Crippen LogP contribution in [0.3, 0.4) is 0 Å². The van der Waals surface area contributed by atoms with Gasteiger partial charge in [0.25, 0.3) is 5.91 Å². The number of benzene rings is 1. The number of rotatable bonds is 8. The Morgan fingerprint density at radius 3 is 2.41 bits per heavy atom. The maximum Gasteiger partial charge on any atom is 0.320 e. The van der Waals surface area contributed by atoms with Crippen molar-refractivity contribution in [3.8, 4) is 0 Å². The normalized spacial score (nSPS) is 18.1. The summed E-state index contributed by atoms with van der Waals surface area (Å²) < 4.78 is 32.1. The Hall–Kier alpha value is -2.79. The Kier molecular flexibility index (Phi) is 8.03. The summed E-state index contributed by atoms with van der Waals surface area (Å²) in [5.74, 6) is -0.869. The summed E-state index contributed by atoms with van der Waals surface area (Å²) in [6, 6.07) is 10.2. The summed E-state index contributed by atoms with van der Waals surface area (Å²) in [5.41, 5.74) is 2.19. The number of hydrogen-bond acceptors (Lipinski definition) is 7. The number of anilines is 3. The van der Waals surface area contributed by atoms with Gasteiger partial charge >= 0.3 is 5.97 Å². The van der Waals surface area contributed by atoms with E-state index in [4.69, 9.17) is 0 Å². The molecule has 1 saturated carbocycles. The first kappa shape index (κ1) is 27.3. The van der Waals surface area contributed by atoms with Crippen LogP contribution in [0, 0.1) is 5.41 Å². The highest BCUT2D eigenvalue weighted by Crippen LogP contribution is 2.54.